The van der Waals surface area contributed by atoms with Crippen LogP contribution in [0.25, 0.3) is 0 Å². The number of nitrogens with zero attached hydrogens (tertiary/aromatic N) is 5. The molecular weight excluding hydrogens is 252 g/mol. The first-order chi connectivity index (χ1) is 8.74. The summed E-state index contributed by atoms with van der Waals surface area (Å²) in [6.07, 6.45) is 5.29. The lowest BCUT2D eigenvalue weighted by atomic mass is 10.3. The normalized spacial score (nSPS) is 15.4. The summed E-state index contributed by atoms with van der Waals surface area (Å²) in [5.41, 5.74) is 0. The van der Waals surface area contributed by atoms with E-state index in [0.29, 0.717) is 11.0 Å². The summed E-state index contributed by atoms with van der Waals surface area (Å²) in [6, 6.07) is 0.0190. The molecule has 7 heteroatoms. The van der Waals surface area contributed by atoms with Crippen LogP contribution in [0.4, 0.5) is 5.95 Å². The third-order valence-corrected chi connectivity index (χ3v) is 3.19. The Morgan fingerprint density at radius 2 is 2.11 bits per heavy atom. The summed E-state index contributed by atoms with van der Waals surface area (Å²) >= 11 is 5.75. The quantitative estimate of drug-likeness (QED) is 0.916. The molecule has 1 N–H and O–H groups in total. The molecule has 0 radical (unpaired) electrons. The Morgan fingerprint density at radius 1 is 1.33 bits per heavy atom. The van der Waals surface area contributed by atoms with Crippen LogP contribution in [0, 0.1) is 0 Å². The zero-order valence-electron chi connectivity index (χ0n) is 9.97. The Labute approximate surface area is 109 Å². The maximum atomic E-state index is 5.75. The van der Waals surface area contributed by atoms with Gasteiger partial charge in [0.1, 0.15) is 5.82 Å². The summed E-state index contributed by atoms with van der Waals surface area (Å²) in [5, 5.41) is 12.1. The maximum Gasteiger partial charge on any atom is 0.223 e. The maximum absolute atomic E-state index is 5.75. The van der Waals surface area contributed by atoms with E-state index in [9.17, 15) is 0 Å². The van der Waals surface area contributed by atoms with Gasteiger partial charge in [0.05, 0.1) is 23.5 Å². The summed E-state index contributed by atoms with van der Waals surface area (Å²) < 4.78 is 2.16. The van der Waals surface area contributed by atoms with Crippen LogP contribution in [0.15, 0.2) is 12.4 Å². The Kier molecular flexibility index (Phi) is 2.87. The first-order valence-corrected chi connectivity index (χ1v) is 6.28. The van der Waals surface area contributed by atoms with Crippen molar-refractivity contribution in [3.8, 4) is 0 Å². The first-order valence-electron chi connectivity index (χ1n) is 5.90. The summed E-state index contributed by atoms with van der Waals surface area (Å²) in [4.78, 5) is 8.22. The summed E-state index contributed by atoms with van der Waals surface area (Å²) in [6.45, 7) is 3.01. The highest BCUT2D eigenvalue weighted by atomic mass is 35.5. The topological polar surface area (TPSA) is 68.5 Å². The van der Waals surface area contributed by atoms with Crippen molar-refractivity contribution in [1.82, 2.24) is 24.7 Å². The second kappa shape index (κ2) is 4.53. The fourth-order valence-electron chi connectivity index (χ4n) is 2.14. The molecule has 0 saturated carbocycles. The van der Waals surface area contributed by atoms with Crippen LogP contribution >= 0.6 is 11.6 Å². The van der Waals surface area contributed by atoms with E-state index in [4.69, 9.17) is 11.6 Å². The molecule has 0 spiro atoms. The standard InChI is InChI=1S/C11H13ClN6/c1-7(15-11-13-5-8(12)6-14-11)10-17-16-9-3-2-4-18(9)10/h5-7H,2-4H2,1H3,(H,13,14,15)/t7-/m1/s1. The molecule has 0 aromatic carbocycles. The van der Waals surface area contributed by atoms with Gasteiger partial charge in [-0.05, 0) is 13.3 Å². The van der Waals surface area contributed by atoms with Crippen molar-refractivity contribution in [2.24, 2.45) is 0 Å². The smallest absolute Gasteiger partial charge is 0.223 e. The van der Waals surface area contributed by atoms with Crippen molar-refractivity contribution < 1.29 is 0 Å². The average Bonchev–Trinajstić information content (AvgIpc) is 2.93. The van der Waals surface area contributed by atoms with Gasteiger partial charge in [0, 0.05) is 13.0 Å². The number of aryl methyl sites for hydroxylation is 1. The van der Waals surface area contributed by atoms with E-state index in [1.54, 1.807) is 12.4 Å². The van der Waals surface area contributed by atoms with Crippen LogP contribution in [-0.4, -0.2) is 24.7 Å². The molecule has 1 aliphatic rings. The molecule has 3 rings (SSSR count). The number of nitrogens with one attached hydrogen (secondary N) is 1. The average molecular weight is 265 g/mol. The monoisotopic (exact) mass is 264 g/mol. The largest absolute Gasteiger partial charge is 0.344 e. The number of aromatic nitrogens is 5. The van der Waals surface area contributed by atoms with Crippen molar-refractivity contribution in [2.75, 3.05) is 5.32 Å². The van der Waals surface area contributed by atoms with Crippen LogP contribution in [0.1, 0.15) is 31.0 Å². The molecule has 2 aromatic heterocycles. The van der Waals surface area contributed by atoms with Crippen LogP contribution in [-0.2, 0) is 13.0 Å². The molecule has 3 heterocycles. The van der Waals surface area contributed by atoms with Crippen molar-refractivity contribution >= 4 is 17.5 Å². The van der Waals surface area contributed by atoms with Crippen molar-refractivity contribution in [3.63, 3.8) is 0 Å². The predicted octanol–water partition coefficient (Wildman–Crippen LogP) is 1.84. The van der Waals surface area contributed by atoms with E-state index in [1.807, 2.05) is 6.92 Å². The van der Waals surface area contributed by atoms with E-state index in [1.165, 1.54) is 0 Å². The van der Waals surface area contributed by atoms with Crippen LogP contribution in [0.3, 0.4) is 0 Å². The number of rotatable bonds is 3. The van der Waals surface area contributed by atoms with Gasteiger partial charge in [0.2, 0.25) is 5.95 Å². The van der Waals surface area contributed by atoms with Gasteiger partial charge in [-0.15, -0.1) is 10.2 Å². The van der Waals surface area contributed by atoms with Crippen LogP contribution in [0.5, 0.6) is 0 Å². The van der Waals surface area contributed by atoms with Gasteiger partial charge in [-0.3, -0.25) is 0 Å². The van der Waals surface area contributed by atoms with Crippen LogP contribution < -0.4 is 5.32 Å². The van der Waals surface area contributed by atoms with Gasteiger partial charge in [0.15, 0.2) is 5.82 Å². The Morgan fingerprint density at radius 3 is 2.89 bits per heavy atom. The zero-order valence-corrected chi connectivity index (χ0v) is 10.7. The number of anilines is 1. The highest BCUT2D eigenvalue weighted by molar-refractivity contribution is 6.30. The Bertz CT molecular complexity index is 549. The van der Waals surface area contributed by atoms with E-state index in [-0.39, 0.29) is 6.04 Å². The van der Waals surface area contributed by atoms with Gasteiger partial charge in [-0.2, -0.15) is 0 Å². The molecule has 2 aromatic rings. The molecule has 0 fully saturated rings. The van der Waals surface area contributed by atoms with Gasteiger partial charge in [0.25, 0.3) is 0 Å². The fraction of sp³-hybridized carbons (Fsp3) is 0.455. The first kappa shape index (κ1) is 11.4. The molecule has 18 heavy (non-hydrogen) atoms. The minimum Gasteiger partial charge on any atom is -0.344 e. The number of hydrogen-bond donors (Lipinski definition) is 1. The van der Waals surface area contributed by atoms with Crippen molar-refractivity contribution in [3.05, 3.63) is 29.1 Å². The van der Waals surface area contributed by atoms with E-state index in [0.717, 1.165) is 31.0 Å². The van der Waals surface area contributed by atoms with Gasteiger partial charge < -0.3 is 9.88 Å². The molecule has 0 amide bonds. The third-order valence-electron chi connectivity index (χ3n) is 2.99. The number of hydrogen-bond acceptors (Lipinski definition) is 5. The summed E-state index contributed by atoms with van der Waals surface area (Å²) in [7, 11) is 0. The SMILES string of the molecule is C[C@@H](Nc1ncc(Cl)cn1)c1nnc2n1CCC2. The van der Waals surface area contributed by atoms with Gasteiger partial charge in [-0.25, -0.2) is 9.97 Å². The van der Waals surface area contributed by atoms with Crippen LogP contribution in [0.2, 0.25) is 5.02 Å². The molecular formula is C11H13ClN6. The fourth-order valence-corrected chi connectivity index (χ4v) is 2.24. The lowest BCUT2D eigenvalue weighted by Crippen LogP contribution is -2.14. The van der Waals surface area contributed by atoms with Gasteiger partial charge in [-0.1, -0.05) is 11.6 Å². The number of halogens is 1. The minimum atomic E-state index is 0.0190. The molecule has 0 unspecified atom stereocenters. The van der Waals surface area contributed by atoms with E-state index < -0.39 is 0 Å². The highest BCUT2D eigenvalue weighted by Gasteiger charge is 2.21. The molecule has 94 valence electrons. The third kappa shape index (κ3) is 2.03. The van der Waals surface area contributed by atoms with Crippen molar-refractivity contribution in [2.45, 2.75) is 32.4 Å². The molecule has 1 aliphatic heterocycles. The Balaban J connectivity index is 1.78. The molecule has 6 nitrogen and oxygen atoms in total. The van der Waals surface area contributed by atoms with E-state index in [2.05, 4.69) is 30.0 Å². The van der Waals surface area contributed by atoms with E-state index >= 15 is 0 Å². The summed E-state index contributed by atoms with van der Waals surface area (Å²) in [5.74, 6) is 2.54. The Hall–Kier alpha value is -1.69. The lowest BCUT2D eigenvalue weighted by Gasteiger charge is -2.13. The minimum absolute atomic E-state index is 0.0190. The predicted molar refractivity (Wildman–Crippen MR) is 67.4 cm³/mol. The lowest BCUT2D eigenvalue weighted by molar-refractivity contribution is 0.649. The second-order valence-corrected chi connectivity index (χ2v) is 4.76. The zero-order chi connectivity index (χ0) is 12.5. The molecule has 0 aliphatic carbocycles. The molecule has 1 atom stereocenters. The number of fused-ring (bicyclic) bond motifs is 1. The molecule has 0 bridgehead atoms. The van der Waals surface area contributed by atoms with Crippen molar-refractivity contribution in [1.29, 1.82) is 0 Å². The van der Waals surface area contributed by atoms with Gasteiger partial charge >= 0.3 is 0 Å². The molecule has 0 saturated heterocycles. The highest BCUT2D eigenvalue weighted by Crippen LogP contribution is 2.21. The second-order valence-electron chi connectivity index (χ2n) is 4.32.